The van der Waals surface area contributed by atoms with Crippen molar-refractivity contribution in [1.82, 2.24) is 0 Å². The number of carboxylic acids is 1. The fourth-order valence-corrected chi connectivity index (χ4v) is 3.80. The Balaban J connectivity index is 1.97. The van der Waals surface area contributed by atoms with Crippen LogP contribution in [0.25, 0.3) is 0 Å². The monoisotopic (exact) mass is 210 g/mol. The molecule has 2 nitrogen and oxygen atoms in total. The van der Waals surface area contributed by atoms with Crippen molar-refractivity contribution in [2.75, 3.05) is 0 Å². The molecular weight excluding hydrogens is 188 g/mol. The van der Waals surface area contributed by atoms with Gasteiger partial charge >= 0.3 is 5.97 Å². The molecule has 1 N–H and O–H groups in total. The van der Waals surface area contributed by atoms with E-state index in [0.717, 1.165) is 18.3 Å². The molecule has 0 aromatic heterocycles. The second-order valence-corrected chi connectivity index (χ2v) is 6.17. The van der Waals surface area contributed by atoms with E-state index in [4.69, 9.17) is 5.11 Å². The van der Waals surface area contributed by atoms with Crippen molar-refractivity contribution in [3.05, 3.63) is 0 Å². The minimum absolute atomic E-state index is 0.164. The van der Waals surface area contributed by atoms with Gasteiger partial charge in [-0.25, -0.2) is 0 Å². The molecule has 0 aromatic carbocycles. The Hall–Kier alpha value is -0.530. The van der Waals surface area contributed by atoms with Gasteiger partial charge in [-0.15, -0.1) is 0 Å². The van der Waals surface area contributed by atoms with E-state index in [1.807, 2.05) is 6.92 Å². The quantitative estimate of drug-likeness (QED) is 0.776. The standard InChI is InChI=1S/C13H22O2/c1-8(12(14)15)6-9-4-5-10-7-11(9)13(10,2)3/h8-11H,4-7H2,1-3H3,(H,14,15). The first-order chi connectivity index (χ1) is 6.93. The van der Waals surface area contributed by atoms with Crippen LogP contribution in [0.4, 0.5) is 0 Å². The molecule has 0 aliphatic heterocycles. The van der Waals surface area contributed by atoms with Gasteiger partial charge in [-0.2, -0.15) is 0 Å². The average molecular weight is 210 g/mol. The number of hydrogen-bond donors (Lipinski definition) is 1. The summed E-state index contributed by atoms with van der Waals surface area (Å²) in [7, 11) is 0. The van der Waals surface area contributed by atoms with Gasteiger partial charge in [0.1, 0.15) is 0 Å². The van der Waals surface area contributed by atoms with Crippen LogP contribution < -0.4 is 0 Å². The van der Waals surface area contributed by atoms with Gasteiger partial charge in [0.25, 0.3) is 0 Å². The molecule has 2 heteroatoms. The van der Waals surface area contributed by atoms with Crippen LogP contribution in [0.5, 0.6) is 0 Å². The summed E-state index contributed by atoms with van der Waals surface area (Å²) >= 11 is 0. The highest BCUT2D eigenvalue weighted by molar-refractivity contribution is 5.69. The summed E-state index contributed by atoms with van der Waals surface area (Å²) in [5.41, 5.74) is 0.487. The van der Waals surface area contributed by atoms with Crippen molar-refractivity contribution in [2.24, 2.45) is 29.1 Å². The van der Waals surface area contributed by atoms with Crippen LogP contribution in [0, 0.1) is 29.1 Å². The summed E-state index contributed by atoms with van der Waals surface area (Å²) in [6.07, 6.45) is 4.82. The zero-order valence-corrected chi connectivity index (χ0v) is 9.99. The largest absolute Gasteiger partial charge is 0.481 e. The first kappa shape index (κ1) is 11.0. The van der Waals surface area contributed by atoms with E-state index in [9.17, 15) is 4.79 Å². The Bertz CT molecular complexity index is 268. The maximum absolute atomic E-state index is 10.9. The molecule has 2 bridgehead atoms. The predicted octanol–water partition coefficient (Wildman–Crippen LogP) is 3.17. The smallest absolute Gasteiger partial charge is 0.306 e. The number of fused-ring (bicyclic) bond motifs is 2. The van der Waals surface area contributed by atoms with Gasteiger partial charge in [0.15, 0.2) is 0 Å². The molecule has 86 valence electrons. The Morgan fingerprint density at radius 1 is 1.47 bits per heavy atom. The van der Waals surface area contributed by atoms with Crippen molar-refractivity contribution in [2.45, 2.75) is 46.5 Å². The first-order valence-corrected chi connectivity index (χ1v) is 6.15. The SMILES string of the molecule is CC(CC1CCC2CC1C2(C)C)C(=O)O. The molecule has 0 heterocycles. The van der Waals surface area contributed by atoms with Gasteiger partial charge in [-0.05, 0) is 48.9 Å². The van der Waals surface area contributed by atoms with E-state index in [0.29, 0.717) is 11.3 Å². The topological polar surface area (TPSA) is 37.3 Å². The summed E-state index contributed by atoms with van der Waals surface area (Å²) in [6.45, 7) is 6.58. The van der Waals surface area contributed by atoms with Crippen LogP contribution in [0.2, 0.25) is 0 Å². The van der Waals surface area contributed by atoms with Crippen molar-refractivity contribution in [3.63, 3.8) is 0 Å². The Kier molecular flexibility index (Phi) is 2.56. The van der Waals surface area contributed by atoms with Crippen LogP contribution in [0.15, 0.2) is 0 Å². The van der Waals surface area contributed by atoms with Gasteiger partial charge in [0, 0.05) is 0 Å². The van der Waals surface area contributed by atoms with Crippen molar-refractivity contribution in [1.29, 1.82) is 0 Å². The number of carbonyl (C=O) groups is 1. The number of rotatable bonds is 3. The maximum Gasteiger partial charge on any atom is 0.306 e. The van der Waals surface area contributed by atoms with E-state index < -0.39 is 5.97 Å². The molecule has 0 amide bonds. The van der Waals surface area contributed by atoms with Crippen LogP contribution >= 0.6 is 0 Å². The zero-order chi connectivity index (χ0) is 11.2. The summed E-state index contributed by atoms with van der Waals surface area (Å²) in [6, 6.07) is 0. The third-order valence-corrected chi connectivity index (χ3v) is 5.08. The number of aliphatic carboxylic acids is 1. The van der Waals surface area contributed by atoms with Crippen molar-refractivity contribution >= 4 is 5.97 Å². The summed E-state index contributed by atoms with van der Waals surface area (Å²) < 4.78 is 0. The summed E-state index contributed by atoms with van der Waals surface area (Å²) in [5.74, 6) is 1.57. The molecule has 0 radical (unpaired) electrons. The lowest BCUT2D eigenvalue weighted by Crippen LogP contribution is -2.52. The van der Waals surface area contributed by atoms with Gasteiger partial charge < -0.3 is 5.11 Å². The second kappa shape index (κ2) is 3.50. The third-order valence-electron chi connectivity index (χ3n) is 5.08. The molecular formula is C13H22O2. The van der Waals surface area contributed by atoms with E-state index >= 15 is 0 Å². The molecule has 3 saturated carbocycles. The summed E-state index contributed by atoms with van der Waals surface area (Å²) in [5, 5.41) is 8.94. The molecule has 3 aliphatic rings. The molecule has 3 aliphatic carbocycles. The highest BCUT2D eigenvalue weighted by atomic mass is 16.4. The molecule has 4 unspecified atom stereocenters. The first-order valence-electron chi connectivity index (χ1n) is 6.15. The second-order valence-electron chi connectivity index (χ2n) is 6.17. The molecule has 3 fully saturated rings. The third kappa shape index (κ3) is 1.68. The molecule has 0 spiro atoms. The molecule has 0 saturated heterocycles. The van der Waals surface area contributed by atoms with Crippen LogP contribution in [0.1, 0.15) is 46.5 Å². The van der Waals surface area contributed by atoms with Gasteiger partial charge in [-0.1, -0.05) is 20.8 Å². The minimum Gasteiger partial charge on any atom is -0.481 e. The van der Waals surface area contributed by atoms with Crippen molar-refractivity contribution in [3.8, 4) is 0 Å². The molecule has 15 heavy (non-hydrogen) atoms. The van der Waals surface area contributed by atoms with Gasteiger partial charge in [-0.3, -0.25) is 4.79 Å². The van der Waals surface area contributed by atoms with E-state index in [1.54, 1.807) is 0 Å². The van der Waals surface area contributed by atoms with Gasteiger partial charge in [0.05, 0.1) is 5.92 Å². The van der Waals surface area contributed by atoms with Crippen LogP contribution in [-0.4, -0.2) is 11.1 Å². The Morgan fingerprint density at radius 3 is 2.60 bits per heavy atom. The Labute approximate surface area is 92.1 Å². The van der Waals surface area contributed by atoms with E-state index in [-0.39, 0.29) is 5.92 Å². The number of hydrogen-bond acceptors (Lipinski definition) is 1. The predicted molar refractivity (Wildman–Crippen MR) is 59.5 cm³/mol. The zero-order valence-electron chi connectivity index (χ0n) is 9.99. The fourth-order valence-electron chi connectivity index (χ4n) is 3.80. The van der Waals surface area contributed by atoms with Crippen LogP contribution in [-0.2, 0) is 4.79 Å². The maximum atomic E-state index is 10.9. The lowest BCUT2D eigenvalue weighted by Gasteiger charge is -2.60. The van der Waals surface area contributed by atoms with E-state index in [1.165, 1.54) is 19.3 Å². The normalized spacial score (nSPS) is 39.3. The minimum atomic E-state index is -0.630. The lowest BCUT2D eigenvalue weighted by atomic mass is 9.45. The van der Waals surface area contributed by atoms with Gasteiger partial charge in [0.2, 0.25) is 0 Å². The van der Waals surface area contributed by atoms with E-state index in [2.05, 4.69) is 13.8 Å². The highest BCUT2D eigenvalue weighted by Gasteiger charge is 2.54. The molecule has 4 atom stereocenters. The molecule has 3 rings (SSSR count). The highest BCUT2D eigenvalue weighted by Crippen LogP contribution is 2.62. The average Bonchev–Trinajstić information content (AvgIpc) is 2.17. The molecule has 0 aromatic rings. The Morgan fingerprint density at radius 2 is 2.13 bits per heavy atom. The van der Waals surface area contributed by atoms with Crippen LogP contribution in [0.3, 0.4) is 0 Å². The van der Waals surface area contributed by atoms with Crippen molar-refractivity contribution < 1.29 is 9.90 Å². The summed E-state index contributed by atoms with van der Waals surface area (Å²) in [4.78, 5) is 10.9. The number of carboxylic acid groups (broad SMARTS) is 1. The fraction of sp³-hybridized carbons (Fsp3) is 0.923. The lowest BCUT2D eigenvalue weighted by molar-refractivity contribution is -0.145.